The number of likely N-dealkylation sites (N-methyl/N-ethyl adjacent to an activating group) is 1. The normalized spacial score (nSPS) is 14.2. The summed E-state index contributed by atoms with van der Waals surface area (Å²) in [6.07, 6.45) is -3.18. The van der Waals surface area contributed by atoms with Gasteiger partial charge in [0, 0.05) is 46.0 Å². The van der Waals surface area contributed by atoms with Crippen molar-refractivity contribution in [2.75, 3.05) is 20.1 Å². The number of carbonyl (C=O) groups excluding carboxylic acids is 1. The molecule has 0 spiro atoms. The number of aryl methyl sites for hydroxylation is 1. The van der Waals surface area contributed by atoms with Crippen LogP contribution in [0.2, 0.25) is 0 Å². The standard InChI is InChI=1S/C14H21F3N4O2/c1-10(2)9-21(4)12(22)19-6-5-13(23,14(15,16)17)11-18-7-8-20(11)3/h7-8,23H,1,5-6,9H2,2-4H3,(H,19,22). The van der Waals surface area contributed by atoms with Gasteiger partial charge in [0.05, 0.1) is 0 Å². The van der Waals surface area contributed by atoms with Crippen molar-refractivity contribution in [3.8, 4) is 0 Å². The zero-order valence-electron chi connectivity index (χ0n) is 13.3. The number of rotatable bonds is 6. The number of carbonyl (C=O) groups is 1. The Hall–Kier alpha value is -2.03. The molecule has 0 aliphatic rings. The Morgan fingerprint density at radius 3 is 2.57 bits per heavy atom. The number of nitrogens with zero attached hydrogens (tertiary/aromatic N) is 3. The summed E-state index contributed by atoms with van der Waals surface area (Å²) in [6.45, 7) is 5.31. The number of aromatic nitrogens is 2. The number of urea groups is 1. The lowest BCUT2D eigenvalue weighted by molar-refractivity contribution is -0.272. The molecule has 0 saturated heterocycles. The first-order chi connectivity index (χ1) is 10.5. The van der Waals surface area contributed by atoms with Crippen LogP contribution in [-0.2, 0) is 12.6 Å². The third-order valence-electron chi connectivity index (χ3n) is 3.28. The Balaban J connectivity index is 2.77. The van der Waals surface area contributed by atoms with Crippen molar-refractivity contribution in [1.82, 2.24) is 19.8 Å². The quantitative estimate of drug-likeness (QED) is 0.779. The number of alkyl halides is 3. The van der Waals surface area contributed by atoms with Gasteiger partial charge in [0.2, 0.25) is 5.60 Å². The van der Waals surface area contributed by atoms with Crippen LogP contribution in [-0.4, -0.2) is 51.9 Å². The van der Waals surface area contributed by atoms with Gasteiger partial charge in [0.25, 0.3) is 0 Å². The van der Waals surface area contributed by atoms with Crippen molar-refractivity contribution in [2.24, 2.45) is 7.05 Å². The van der Waals surface area contributed by atoms with Crippen molar-refractivity contribution < 1.29 is 23.1 Å². The molecule has 0 saturated carbocycles. The Morgan fingerprint density at radius 2 is 2.13 bits per heavy atom. The van der Waals surface area contributed by atoms with E-state index in [2.05, 4.69) is 16.9 Å². The van der Waals surface area contributed by atoms with Crippen LogP contribution in [0.4, 0.5) is 18.0 Å². The highest BCUT2D eigenvalue weighted by Gasteiger charge is 2.57. The summed E-state index contributed by atoms with van der Waals surface area (Å²) >= 11 is 0. The highest BCUT2D eigenvalue weighted by atomic mass is 19.4. The fraction of sp³-hybridized carbons (Fsp3) is 0.571. The Kier molecular flexibility index (Phi) is 5.81. The lowest BCUT2D eigenvalue weighted by atomic mass is 9.97. The number of amides is 2. The van der Waals surface area contributed by atoms with Gasteiger partial charge < -0.3 is 19.9 Å². The van der Waals surface area contributed by atoms with Crippen LogP contribution in [0.25, 0.3) is 0 Å². The second-order valence-electron chi connectivity index (χ2n) is 5.51. The summed E-state index contributed by atoms with van der Waals surface area (Å²) in [7, 11) is 2.86. The monoisotopic (exact) mass is 334 g/mol. The molecule has 1 unspecified atom stereocenters. The average Bonchev–Trinajstić information content (AvgIpc) is 2.82. The van der Waals surface area contributed by atoms with E-state index in [0.717, 1.165) is 10.1 Å². The van der Waals surface area contributed by atoms with Crippen LogP contribution in [0, 0.1) is 0 Å². The van der Waals surface area contributed by atoms with Gasteiger partial charge in [-0.2, -0.15) is 13.2 Å². The lowest BCUT2D eigenvalue weighted by Gasteiger charge is -2.30. The summed E-state index contributed by atoms with van der Waals surface area (Å²) in [6, 6.07) is -0.544. The van der Waals surface area contributed by atoms with Crippen LogP contribution in [0.3, 0.4) is 0 Å². The van der Waals surface area contributed by atoms with Crippen LogP contribution in [0.1, 0.15) is 19.2 Å². The highest BCUT2D eigenvalue weighted by molar-refractivity contribution is 5.74. The van der Waals surface area contributed by atoms with Gasteiger partial charge in [-0.05, 0) is 6.92 Å². The molecule has 0 aliphatic carbocycles. The molecule has 130 valence electrons. The molecule has 6 nitrogen and oxygen atoms in total. The van der Waals surface area contributed by atoms with Gasteiger partial charge in [-0.25, -0.2) is 9.78 Å². The molecule has 2 amide bonds. The maximum Gasteiger partial charge on any atom is 0.424 e. The minimum Gasteiger partial charge on any atom is -0.374 e. The number of imidazole rings is 1. The first kappa shape index (κ1) is 19.0. The molecule has 1 aromatic rings. The molecule has 0 fully saturated rings. The average molecular weight is 334 g/mol. The van der Waals surface area contributed by atoms with Gasteiger partial charge >= 0.3 is 12.2 Å². The van der Waals surface area contributed by atoms with E-state index in [-0.39, 0.29) is 13.1 Å². The third kappa shape index (κ3) is 4.47. The fourth-order valence-electron chi connectivity index (χ4n) is 2.11. The molecule has 1 atom stereocenters. The van der Waals surface area contributed by atoms with Crippen LogP contribution in [0.5, 0.6) is 0 Å². The zero-order valence-corrected chi connectivity index (χ0v) is 13.3. The van der Waals surface area contributed by atoms with Gasteiger partial charge in [-0.1, -0.05) is 12.2 Å². The SMILES string of the molecule is C=C(C)CN(C)C(=O)NCCC(O)(c1nccn1C)C(F)(F)F. The van der Waals surface area contributed by atoms with E-state index < -0.39 is 30.1 Å². The number of halogens is 3. The summed E-state index contributed by atoms with van der Waals surface area (Å²) in [5.74, 6) is -0.519. The topological polar surface area (TPSA) is 70.4 Å². The van der Waals surface area contributed by atoms with E-state index in [9.17, 15) is 23.1 Å². The Bertz CT molecular complexity index is 571. The predicted octanol–water partition coefficient (Wildman–Crippen LogP) is 1.78. The van der Waals surface area contributed by atoms with Crippen LogP contribution < -0.4 is 5.32 Å². The van der Waals surface area contributed by atoms with Crippen LogP contribution in [0.15, 0.2) is 24.5 Å². The molecule has 1 rings (SSSR count). The van der Waals surface area contributed by atoms with Gasteiger partial charge in [0.15, 0.2) is 0 Å². The Labute approximate surface area is 132 Å². The summed E-state index contributed by atoms with van der Waals surface area (Å²) in [5.41, 5.74) is -2.40. The van der Waals surface area contributed by atoms with Crippen molar-refractivity contribution >= 4 is 6.03 Å². The van der Waals surface area contributed by atoms with E-state index in [4.69, 9.17) is 0 Å². The predicted molar refractivity (Wildman–Crippen MR) is 78.6 cm³/mol. The lowest BCUT2D eigenvalue weighted by Crippen LogP contribution is -2.47. The maximum atomic E-state index is 13.3. The van der Waals surface area contributed by atoms with Gasteiger partial charge in [-0.15, -0.1) is 0 Å². The van der Waals surface area contributed by atoms with Crippen LogP contribution >= 0.6 is 0 Å². The molecule has 9 heteroatoms. The molecule has 0 bridgehead atoms. The first-order valence-corrected chi connectivity index (χ1v) is 6.89. The smallest absolute Gasteiger partial charge is 0.374 e. The van der Waals surface area contributed by atoms with Crippen molar-refractivity contribution in [2.45, 2.75) is 25.1 Å². The summed E-state index contributed by atoms with van der Waals surface area (Å²) in [5, 5.41) is 12.4. The molecule has 23 heavy (non-hydrogen) atoms. The van der Waals surface area contributed by atoms with Crippen molar-refractivity contribution in [3.63, 3.8) is 0 Å². The third-order valence-corrected chi connectivity index (χ3v) is 3.28. The Morgan fingerprint density at radius 1 is 1.52 bits per heavy atom. The number of hydrogen-bond donors (Lipinski definition) is 2. The second-order valence-corrected chi connectivity index (χ2v) is 5.51. The summed E-state index contributed by atoms with van der Waals surface area (Å²) < 4.78 is 40.9. The molecule has 2 N–H and O–H groups in total. The largest absolute Gasteiger partial charge is 0.424 e. The molecule has 0 aromatic carbocycles. The molecule has 0 aliphatic heterocycles. The molecular weight excluding hydrogens is 313 g/mol. The van der Waals surface area contributed by atoms with Crippen molar-refractivity contribution in [3.05, 3.63) is 30.4 Å². The first-order valence-electron chi connectivity index (χ1n) is 6.89. The summed E-state index contributed by atoms with van der Waals surface area (Å²) in [4.78, 5) is 16.6. The van der Waals surface area contributed by atoms with E-state index in [1.807, 2.05) is 0 Å². The molecular formula is C14H21F3N4O2. The number of hydrogen-bond acceptors (Lipinski definition) is 3. The second kappa shape index (κ2) is 7.03. The van der Waals surface area contributed by atoms with E-state index in [0.29, 0.717) is 0 Å². The van der Waals surface area contributed by atoms with E-state index >= 15 is 0 Å². The zero-order chi connectivity index (χ0) is 17.8. The van der Waals surface area contributed by atoms with Crippen molar-refractivity contribution in [1.29, 1.82) is 0 Å². The van der Waals surface area contributed by atoms with E-state index in [1.165, 1.54) is 31.4 Å². The number of nitrogens with one attached hydrogen (secondary N) is 1. The maximum absolute atomic E-state index is 13.3. The molecule has 1 heterocycles. The van der Waals surface area contributed by atoms with Gasteiger partial charge in [-0.3, -0.25) is 0 Å². The minimum atomic E-state index is -4.92. The number of aliphatic hydroxyl groups is 1. The fourth-order valence-corrected chi connectivity index (χ4v) is 2.11. The highest BCUT2D eigenvalue weighted by Crippen LogP contribution is 2.40. The molecule has 1 aromatic heterocycles. The molecule has 0 radical (unpaired) electrons. The van der Waals surface area contributed by atoms with Gasteiger partial charge in [0.1, 0.15) is 5.82 Å². The minimum absolute atomic E-state index is 0.286. The van der Waals surface area contributed by atoms with E-state index in [1.54, 1.807) is 6.92 Å².